The Balaban J connectivity index is 1.58. The van der Waals surface area contributed by atoms with Crippen LogP contribution in [0.1, 0.15) is 45.6 Å². The average molecular weight is 319 g/mol. The molecular formula is C19H29NO3. The number of amides is 1. The molecule has 23 heavy (non-hydrogen) atoms. The summed E-state index contributed by atoms with van der Waals surface area (Å²) in [5.41, 5.74) is 0.796. The smallest absolute Gasteiger partial charge is 0.410 e. The summed E-state index contributed by atoms with van der Waals surface area (Å²) < 4.78 is 11.1. The van der Waals surface area contributed by atoms with Gasteiger partial charge in [-0.25, -0.2) is 4.79 Å². The summed E-state index contributed by atoms with van der Waals surface area (Å²) in [7, 11) is 0. The molecule has 1 atom stereocenters. The molecular weight excluding hydrogens is 290 g/mol. The lowest BCUT2D eigenvalue weighted by molar-refractivity contribution is 0.0286. The van der Waals surface area contributed by atoms with E-state index in [1.165, 1.54) is 5.56 Å². The minimum atomic E-state index is -0.416. The van der Waals surface area contributed by atoms with E-state index in [1.54, 1.807) is 0 Å². The maximum atomic E-state index is 12.0. The van der Waals surface area contributed by atoms with Crippen LogP contribution in [0.4, 0.5) is 4.79 Å². The predicted molar refractivity (Wildman–Crippen MR) is 91.2 cm³/mol. The van der Waals surface area contributed by atoms with Crippen molar-refractivity contribution in [3.8, 4) is 0 Å². The van der Waals surface area contributed by atoms with E-state index < -0.39 is 5.60 Å². The van der Waals surface area contributed by atoms with E-state index in [0.717, 1.165) is 39.0 Å². The van der Waals surface area contributed by atoms with E-state index in [9.17, 15) is 4.79 Å². The number of rotatable bonds is 6. The Bertz CT molecular complexity index is 481. The van der Waals surface area contributed by atoms with Crippen molar-refractivity contribution in [1.29, 1.82) is 0 Å². The van der Waals surface area contributed by atoms with E-state index in [0.29, 0.717) is 12.5 Å². The monoisotopic (exact) mass is 319 g/mol. The summed E-state index contributed by atoms with van der Waals surface area (Å²) in [6.45, 7) is 8.79. The Labute approximate surface area is 139 Å². The number of hydrogen-bond acceptors (Lipinski definition) is 3. The summed E-state index contributed by atoms with van der Waals surface area (Å²) in [5, 5.41) is 0. The third-order valence-electron chi connectivity index (χ3n) is 3.95. The van der Waals surface area contributed by atoms with Gasteiger partial charge in [-0.1, -0.05) is 30.3 Å². The molecule has 0 aliphatic carbocycles. The van der Waals surface area contributed by atoms with Crippen LogP contribution in [0.25, 0.3) is 0 Å². The zero-order valence-corrected chi connectivity index (χ0v) is 14.6. The summed E-state index contributed by atoms with van der Waals surface area (Å²) in [4.78, 5) is 13.9. The SMILES string of the molecule is CC(C)(C)OC(=O)N1CC[C@H](CCCOCc2ccccc2)C1. The highest BCUT2D eigenvalue weighted by molar-refractivity contribution is 5.68. The zero-order chi connectivity index (χ0) is 16.7. The largest absolute Gasteiger partial charge is 0.444 e. The first-order valence-electron chi connectivity index (χ1n) is 8.53. The van der Waals surface area contributed by atoms with Crippen molar-refractivity contribution in [2.24, 2.45) is 5.92 Å². The maximum Gasteiger partial charge on any atom is 0.410 e. The molecule has 0 N–H and O–H groups in total. The highest BCUT2D eigenvalue weighted by atomic mass is 16.6. The lowest BCUT2D eigenvalue weighted by Gasteiger charge is -2.24. The van der Waals surface area contributed by atoms with Crippen LogP contribution in [0.2, 0.25) is 0 Å². The normalized spacial score (nSPS) is 18.2. The third-order valence-corrected chi connectivity index (χ3v) is 3.95. The van der Waals surface area contributed by atoms with Gasteiger partial charge in [0.1, 0.15) is 5.60 Å². The van der Waals surface area contributed by atoms with Crippen molar-refractivity contribution in [3.05, 3.63) is 35.9 Å². The topological polar surface area (TPSA) is 38.8 Å². The highest BCUT2D eigenvalue weighted by Crippen LogP contribution is 2.23. The van der Waals surface area contributed by atoms with Gasteiger partial charge in [0.05, 0.1) is 6.61 Å². The molecule has 1 amide bonds. The molecule has 1 saturated heterocycles. The molecule has 1 fully saturated rings. The second-order valence-electron chi connectivity index (χ2n) is 7.26. The van der Waals surface area contributed by atoms with Gasteiger partial charge < -0.3 is 14.4 Å². The molecule has 1 aliphatic rings. The van der Waals surface area contributed by atoms with Crippen LogP contribution in [-0.2, 0) is 16.1 Å². The summed E-state index contributed by atoms with van der Waals surface area (Å²) in [6.07, 6.45) is 3.03. The van der Waals surface area contributed by atoms with Gasteiger partial charge in [-0.2, -0.15) is 0 Å². The van der Waals surface area contributed by atoms with E-state index in [-0.39, 0.29) is 6.09 Å². The second kappa shape index (κ2) is 8.34. The molecule has 1 heterocycles. The van der Waals surface area contributed by atoms with Gasteiger partial charge >= 0.3 is 6.09 Å². The number of ether oxygens (including phenoxy) is 2. The number of benzene rings is 1. The standard InChI is InChI=1S/C19H29NO3/c1-19(2,3)23-18(21)20-12-11-16(14-20)10-7-13-22-15-17-8-5-4-6-9-17/h4-6,8-9,16H,7,10-15H2,1-3H3/t16-/m0/s1. The maximum absolute atomic E-state index is 12.0. The van der Waals surface area contributed by atoms with Crippen LogP contribution >= 0.6 is 0 Å². The molecule has 0 saturated carbocycles. The molecule has 128 valence electrons. The van der Waals surface area contributed by atoms with Crippen LogP contribution in [-0.4, -0.2) is 36.3 Å². The Hall–Kier alpha value is -1.55. The van der Waals surface area contributed by atoms with Gasteiger partial charge in [0.2, 0.25) is 0 Å². The first-order valence-corrected chi connectivity index (χ1v) is 8.53. The van der Waals surface area contributed by atoms with Crippen molar-refractivity contribution in [1.82, 2.24) is 4.90 Å². The minimum absolute atomic E-state index is 0.180. The van der Waals surface area contributed by atoms with Gasteiger partial charge in [-0.15, -0.1) is 0 Å². The number of carbonyl (C=O) groups is 1. The fourth-order valence-electron chi connectivity index (χ4n) is 2.80. The molecule has 1 aliphatic heterocycles. The Morgan fingerprint density at radius 3 is 2.70 bits per heavy atom. The lowest BCUT2D eigenvalue weighted by atomic mass is 10.0. The van der Waals surface area contributed by atoms with Gasteiger partial charge in [0.15, 0.2) is 0 Å². The first kappa shape index (κ1) is 17.8. The van der Waals surface area contributed by atoms with Crippen molar-refractivity contribution >= 4 is 6.09 Å². The summed E-state index contributed by atoms with van der Waals surface area (Å²) in [6, 6.07) is 10.2. The Kier molecular flexibility index (Phi) is 6.46. The molecule has 0 spiro atoms. The van der Waals surface area contributed by atoms with E-state index in [1.807, 2.05) is 43.9 Å². The summed E-state index contributed by atoms with van der Waals surface area (Å²) >= 11 is 0. The van der Waals surface area contributed by atoms with Crippen molar-refractivity contribution in [2.75, 3.05) is 19.7 Å². The van der Waals surface area contributed by atoms with Crippen LogP contribution in [0.3, 0.4) is 0 Å². The number of hydrogen-bond donors (Lipinski definition) is 0. The third kappa shape index (κ3) is 6.61. The number of likely N-dealkylation sites (tertiary alicyclic amines) is 1. The van der Waals surface area contributed by atoms with E-state index in [2.05, 4.69) is 12.1 Å². The van der Waals surface area contributed by atoms with Crippen molar-refractivity contribution < 1.29 is 14.3 Å². The Morgan fingerprint density at radius 2 is 2.00 bits per heavy atom. The van der Waals surface area contributed by atoms with Crippen LogP contribution in [0.15, 0.2) is 30.3 Å². The molecule has 1 aromatic carbocycles. The highest BCUT2D eigenvalue weighted by Gasteiger charge is 2.29. The predicted octanol–water partition coefficient (Wildman–Crippen LogP) is 4.24. The van der Waals surface area contributed by atoms with Gasteiger partial charge in [0, 0.05) is 19.7 Å². The van der Waals surface area contributed by atoms with Gasteiger partial charge in [0.25, 0.3) is 0 Å². The fourth-order valence-corrected chi connectivity index (χ4v) is 2.80. The van der Waals surface area contributed by atoms with Gasteiger partial charge in [-0.05, 0) is 51.5 Å². The first-order chi connectivity index (χ1) is 10.9. The van der Waals surface area contributed by atoms with Gasteiger partial charge in [-0.3, -0.25) is 0 Å². The molecule has 4 nitrogen and oxygen atoms in total. The average Bonchev–Trinajstić information content (AvgIpc) is 2.95. The lowest BCUT2D eigenvalue weighted by Crippen LogP contribution is -2.35. The quantitative estimate of drug-likeness (QED) is 0.736. The molecule has 0 radical (unpaired) electrons. The summed E-state index contributed by atoms with van der Waals surface area (Å²) in [5.74, 6) is 0.572. The minimum Gasteiger partial charge on any atom is -0.444 e. The van der Waals surface area contributed by atoms with E-state index >= 15 is 0 Å². The molecule has 0 unspecified atom stereocenters. The second-order valence-corrected chi connectivity index (χ2v) is 7.26. The van der Waals surface area contributed by atoms with Crippen LogP contribution < -0.4 is 0 Å². The molecule has 4 heteroatoms. The van der Waals surface area contributed by atoms with Crippen LogP contribution in [0, 0.1) is 5.92 Å². The number of carbonyl (C=O) groups excluding carboxylic acids is 1. The molecule has 0 bridgehead atoms. The van der Waals surface area contributed by atoms with Crippen molar-refractivity contribution in [2.45, 2.75) is 52.2 Å². The number of nitrogens with zero attached hydrogens (tertiary/aromatic N) is 1. The zero-order valence-electron chi connectivity index (χ0n) is 14.6. The molecule has 2 rings (SSSR count). The Morgan fingerprint density at radius 1 is 1.26 bits per heavy atom. The fraction of sp³-hybridized carbons (Fsp3) is 0.632. The van der Waals surface area contributed by atoms with Crippen molar-refractivity contribution in [3.63, 3.8) is 0 Å². The molecule has 0 aromatic heterocycles. The molecule has 1 aromatic rings. The van der Waals surface area contributed by atoms with Crippen LogP contribution in [0.5, 0.6) is 0 Å². The van der Waals surface area contributed by atoms with E-state index in [4.69, 9.17) is 9.47 Å².